The van der Waals surface area contributed by atoms with E-state index in [2.05, 4.69) is 0 Å². The molecular weight excluding hydrogens is 417 g/mol. The summed E-state index contributed by atoms with van der Waals surface area (Å²) in [5, 5.41) is 0. The van der Waals surface area contributed by atoms with E-state index in [-0.39, 0.29) is 9.23 Å². The molecule has 0 saturated heterocycles. The van der Waals surface area contributed by atoms with E-state index in [1.807, 2.05) is 121 Å². The van der Waals surface area contributed by atoms with Crippen molar-refractivity contribution in [1.82, 2.24) is 0 Å². The van der Waals surface area contributed by atoms with Crippen LogP contribution in [0.2, 0.25) is 0 Å². The number of hydrogen-bond donors (Lipinski definition) is 0. The molecule has 0 N–H and O–H groups in total. The van der Waals surface area contributed by atoms with Crippen molar-refractivity contribution in [3.05, 3.63) is 132 Å². The summed E-state index contributed by atoms with van der Waals surface area (Å²) in [6, 6.07) is 37.7. The Morgan fingerprint density at radius 3 is 1.00 bits per heavy atom. The molecule has 140 valence electrons. The van der Waals surface area contributed by atoms with Crippen LogP contribution in [-0.4, -0.2) is 22.5 Å². The van der Waals surface area contributed by atoms with Crippen molar-refractivity contribution in [2.24, 2.45) is 0 Å². The van der Waals surface area contributed by atoms with E-state index in [0.29, 0.717) is 11.1 Å². The Morgan fingerprint density at radius 1 is 0.414 bits per heavy atom. The minimum absolute atomic E-state index is 0.0446. The molecule has 29 heavy (non-hydrogen) atoms. The van der Waals surface area contributed by atoms with Crippen molar-refractivity contribution in [3.63, 3.8) is 0 Å². The first-order valence-electron chi connectivity index (χ1n) is 9.55. The van der Waals surface area contributed by atoms with Crippen LogP contribution in [0.1, 0.15) is 20.7 Å². The number of rotatable bonds is 6. The SMILES string of the molecule is O=[C](c1ccccc1)[Ge]([C](=O)c1ccccc1)([c]1ccccc1)[c]1ccccc1. The number of carbonyl (C=O) groups excluding carboxylic acids is 2. The molecule has 3 heteroatoms. The Kier molecular flexibility index (Phi) is 5.54. The molecule has 0 atom stereocenters. The second-order valence-corrected chi connectivity index (χ2v) is 14.3. The van der Waals surface area contributed by atoms with Crippen LogP contribution < -0.4 is 8.79 Å². The van der Waals surface area contributed by atoms with Gasteiger partial charge in [-0.05, 0) is 0 Å². The Balaban J connectivity index is 2.06. The van der Waals surface area contributed by atoms with Crippen LogP contribution in [0.25, 0.3) is 0 Å². The van der Waals surface area contributed by atoms with Gasteiger partial charge in [0, 0.05) is 0 Å². The van der Waals surface area contributed by atoms with Crippen LogP contribution in [0.3, 0.4) is 0 Å². The van der Waals surface area contributed by atoms with E-state index in [0.717, 1.165) is 8.79 Å². The van der Waals surface area contributed by atoms with Crippen molar-refractivity contribution < 1.29 is 9.59 Å². The summed E-state index contributed by atoms with van der Waals surface area (Å²) in [5.74, 6) is 0. The summed E-state index contributed by atoms with van der Waals surface area (Å²) in [7, 11) is 0. The van der Waals surface area contributed by atoms with Gasteiger partial charge in [0.05, 0.1) is 0 Å². The van der Waals surface area contributed by atoms with E-state index >= 15 is 0 Å². The second kappa shape index (κ2) is 8.42. The fourth-order valence-electron chi connectivity index (χ4n) is 3.78. The molecule has 0 fully saturated rings. The van der Waals surface area contributed by atoms with E-state index < -0.39 is 13.3 Å². The first kappa shape index (κ1) is 19.1. The zero-order valence-corrected chi connectivity index (χ0v) is 18.0. The molecule has 0 unspecified atom stereocenters. The average molecular weight is 437 g/mol. The summed E-state index contributed by atoms with van der Waals surface area (Å²) in [6.07, 6.45) is 0. The van der Waals surface area contributed by atoms with Gasteiger partial charge in [-0.15, -0.1) is 0 Å². The van der Waals surface area contributed by atoms with Gasteiger partial charge in [0.25, 0.3) is 0 Å². The van der Waals surface area contributed by atoms with Crippen LogP contribution in [0.4, 0.5) is 0 Å². The molecule has 0 radical (unpaired) electrons. The molecule has 0 aliphatic heterocycles. The molecule has 0 bridgehead atoms. The second-order valence-electron chi connectivity index (χ2n) is 6.87. The first-order chi connectivity index (χ1) is 14.2. The van der Waals surface area contributed by atoms with Crippen LogP contribution in [0.5, 0.6) is 0 Å². The monoisotopic (exact) mass is 438 g/mol. The van der Waals surface area contributed by atoms with Gasteiger partial charge in [-0.25, -0.2) is 0 Å². The fraction of sp³-hybridized carbons (Fsp3) is 0. The van der Waals surface area contributed by atoms with Gasteiger partial charge in [0.15, 0.2) is 0 Å². The van der Waals surface area contributed by atoms with Gasteiger partial charge in [0.2, 0.25) is 0 Å². The summed E-state index contributed by atoms with van der Waals surface area (Å²) >= 11 is -4.23. The van der Waals surface area contributed by atoms with Crippen LogP contribution in [0, 0.1) is 0 Å². The van der Waals surface area contributed by atoms with Gasteiger partial charge in [-0.3, -0.25) is 0 Å². The topological polar surface area (TPSA) is 34.1 Å². The van der Waals surface area contributed by atoms with Gasteiger partial charge in [-0.2, -0.15) is 0 Å². The third-order valence-electron chi connectivity index (χ3n) is 5.17. The van der Waals surface area contributed by atoms with Gasteiger partial charge >= 0.3 is 173 Å². The Bertz CT molecular complexity index is 1020. The summed E-state index contributed by atoms with van der Waals surface area (Å²) in [4.78, 5) is 28.3. The van der Waals surface area contributed by atoms with Crippen LogP contribution >= 0.6 is 0 Å². The number of hydrogen-bond acceptors (Lipinski definition) is 2. The average Bonchev–Trinajstić information content (AvgIpc) is 2.82. The molecule has 0 saturated carbocycles. The molecule has 0 aliphatic carbocycles. The molecule has 0 amide bonds. The normalized spacial score (nSPS) is 11.0. The third kappa shape index (κ3) is 3.48. The minimum atomic E-state index is -4.23. The van der Waals surface area contributed by atoms with Crippen molar-refractivity contribution in [3.8, 4) is 0 Å². The summed E-state index contributed by atoms with van der Waals surface area (Å²) in [6.45, 7) is 0. The van der Waals surface area contributed by atoms with Gasteiger partial charge < -0.3 is 0 Å². The molecule has 2 nitrogen and oxygen atoms in total. The molecule has 0 aromatic heterocycles. The summed E-state index contributed by atoms with van der Waals surface area (Å²) < 4.78 is 1.61. The van der Waals surface area contributed by atoms with Crippen molar-refractivity contribution in [2.45, 2.75) is 0 Å². The summed E-state index contributed by atoms with van der Waals surface area (Å²) in [5.41, 5.74) is 1.17. The van der Waals surface area contributed by atoms with E-state index in [1.54, 1.807) is 0 Å². The van der Waals surface area contributed by atoms with Gasteiger partial charge in [0.1, 0.15) is 0 Å². The molecule has 4 rings (SSSR count). The maximum absolute atomic E-state index is 14.1. The number of benzene rings is 4. The van der Waals surface area contributed by atoms with Crippen molar-refractivity contribution in [2.75, 3.05) is 0 Å². The Hall–Kier alpha value is -3.24. The van der Waals surface area contributed by atoms with Crippen molar-refractivity contribution >= 4 is 31.3 Å². The fourth-order valence-corrected chi connectivity index (χ4v) is 12.5. The predicted molar refractivity (Wildman–Crippen MR) is 119 cm³/mol. The van der Waals surface area contributed by atoms with Crippen molar-refractivity contribution in [1.29, 1.82) is 0 Å². The molecule has 0 heterocycles. The molecule has 4 aromatic carbocycles. The zero-order chi connectivity index (χ0) is 20.1. The van der Waals surface area contributed by atoms with E-state index in [4.69, 9.17) is 0 Å². The van der Waals surface area contributed by atoms with Gasteiger partial charge in [-0.1, -0.05) is 0 Å². The molecule has 0 aliphatic rings. The first-order valence-corrected chi connectivity index (χ1v) is 13.7. The predicted octanol–water partition coefficient (Wildman–Crippen LogP) is 4.09. The Morgan fingerprint density at radius 2 is 0.690 bits per heavy atom. The third-order valence-corrected chi connectivity index (χ3v) is 14.3. The van der Waals surface area contributed by atoms with Crippen LogP contribution in [0.15, 0.2) is 121 Å². The standard InChI is InChI=1S/C26H20GeO2/c28-25(21-13-5-1-6-14-21)27(23-17-9-3-10-18-23,24-19-11-4-12-20-24)26(29)22-15-7-2-8-16-22/h1-20H. The number of carbonyl (C=O) groups is 2. The maximum atomic E-state index is 14.1. The Labute approximate surface area is 173 Å². The zero-order valence-electron chi connectivity index (χ0n) is 15.9. The molecular formula is C26H20GeO2. The van der Waals surface area contributed by atoms with Crippen LogP contribution in [-0.2, 0) is 0 Å². The van der Waals surface area contributed by atoms with E-state index in [9.17, 15) is 9.59 Å². The quantitative estimate of drug-likeness (QED) is 0.426. The molecule has 0 spiro atoms. The van der Waals surface area contributed by atoms with E-state index in [1.165, 1.54) is 0 Å². The molecule has 4 aromatic rings.